The van der Waals surface area contributed by atoms with Gasteiger partial charge in [0.15, 0.2) is 0 Å². The number of ether oxygens (including phenoxy) is 1. The Morgan fingerprint density at radius 3 is 2.79 bits per heavy atom. The molecule has 2 rings (SSSR count). The van der Waals surface area contributed by atoms with E-state index in [2.05, 4.69) is 23.8 Å². The van der Waals surface area contributed by atoms with E-state index in [9.17, 15) is 5.11 Å². The molecule has 0 aromatic heterocycles. The number of para-hydroxylation sites is 1. The molecule has 1 aromatic carbocycles. The maximum atomic E-state index is 10.4. The minimum atomic E-state index is -0.494. The van der Waals surface area contributed by atoms with E-state index in [1.807, 2.05) is 24.3 Å². The summed E-state index contributed by atoms with van der Waals surface area (Å²) in [5, 5.41) is 10.4. The van der Waals surface area contributed by atoms with Crippen LogP contribution in [-0.2, 0) is 0 Å². The molecule has 4 heteroatoms. The molecule has 0 amide bonds. The number of hydrogen-bond donors (Lipinski definition) is 1. The molecule has 1 saturated heterocycles. The van der Waals surface area contributed by atoms with Crippen molar-refractivity contribution < 1.29 is 9.84 Å². The first-order chi connectivity index (χ1) is 9.11. The average Bonchev–Trinajstić information content (AvgIpc) is 2.43. The second-order valence-electron chi connectivity index (χ2n) is 5.35. The highest BCUT2D eigenvalue weighted by Crippen LogP contribution is 2.25. The SMILES string of the molecule is COc1ccccc1C(O)CN1CCN(C)C(C)C1. The Bertz CT molecular complexity index is 411. The van der Waals surface area contributed by atoms with Crippen molar-refractivity contribution in [3.63, 3.8) is 0 Å². The summed E-state index contributed by atoms with van der Waals surface area (Å²) in [5.41, 5.74) is 0.872. The van der Waals surface area contributed by atoms with Crippen molar-refractivity contribution in [1.29, 1.82) is 0 Å². The Morgan fingerprint density at radius 1 is 1.37 bits per heavy atom. The number of aliphatic hydroxyl groups is 1. The summed E-state index contributed by atoms with van der Waals surface area (Å²) in [6, 6.07) is 8.23. The van der Waals surface area contributed by atoms with Crippen molar-refractivity contribution >= 4 is 0 Å². The highest BCUT2D eigenvalue weighted by molar-refractivity contribution is 5.35. The van der Waals surface area contributed by atoms with Gasteiger partial charge in [-0.05, 0) is 20.0 Å². The lowest BCUT2D eigenvalue weighted by Crippen LogP contribution is -2.50. The molecule has 106 valence electrons. The molecule has 1 fully saturated rings. The molecule has 1 N–H and O–H groups in total. The lowest BCUT2D eigenvalue weighted by Gasteiger charge is -2.38. The van der Waals surface area contributed by atoms with Gasteiger partial charge in [-0.3, -0.25) is 4.90 Å². The van der Waals surface area contributed by atoms with E-state index in [1.165, 1.54) is 0 Å². The Labute approximate surface area is 115 Å². The van der Waals surface area contributed by atoms with Gasteiger partial charge in [0.2, 0.25) is 0 Å². The molecule has 1 aliphatic heterocycles. The van der Waals surface area contributed by atoms with E-state index in [1.54, 1.807) is 7.11 Å². The normalized spacial score (nSPS) is 23.3. The van der Waals surface area contributed by atoms with Gasteiger partial charge in [0.05, 0.1) is 13.2 Å². The largest absolute Gasteiger partial charge is 0.496 e. The summed E-state index contributed by atoms with van der Waals surface area (Å²) in [6.45, 7) is 5.95. The first-order valence-electron chi connectivity index (χ1n) is 6.85. The predicted molar refractivity (Wildman–Crippen MR) is 76.5 cm³/mol. The summed E-state index contributed by atoms with van der Waals surface area (Å²) in [5.74, 6) is 0.761. The van der Waals surface area contributed by atoms with Crippen LogP contribution in [-0.4, -0.2) is 61.3 Å². The third-order valence-electron chi connectivity index (χ3n) is 3.97. The van der Waals surface area contributed by atoms with Crippen molar-refractivity contribution in [3.05, 3.63) is 29.8 Å². The van der Waals surface area contributed by atoms with Gasteiger partial charge in [-0.15, -0.1) is 0 Å². The van der Waals surface area contributed by atoms with Gasteiger partial charge < -0.3 is 14.7 Å². The van der Waals surface area contributed by atoms with E-state index < -0.39 is 6.10 Å². The average molecular weight is 264 g/mol. The Hall–Kier alpha value is -1.10. The van der Waals surface area contributed by atoms with Crippen molar-refractivity contribution in [1.82, 2.24) is 9.80 Å². The molecule has 1 aliphatic rings. The minimum absolute atomic E-state index is 0.494. The van der Waals surface area contributed by atoms with Crippen molar-refractivity contribution in [2.75, 3.05) is 40.3 Å². The molecule has 2 unspecified atom stereocenters. The van der Waals surface area contributed by atoms with Gasteiger partial charge >= 0.3 is 0 Å². The van der Waals surface area contributed by atoms with Crippen molar-refractivity contribution in [2.24, 2.45) is 0 Å². The van der Waals surface area contributed by atoms with Gasteiger partial charge in [0.1, 0.15) is 5.75 Å². The molecule has 0 saturated carbocycles. The second-order valence-corrected chi connectivity index (χ2v) is 5.35. The van der Waals surface area contributed by atoms with Crippen LogP contribution in [0.2, 0.25) is 0 Å². The second kappa shape index (κ2) is 6.37. The van der Waals surface area contributed by atoms with Crippen molar-refractivity contribution in [3.8, 4) is 5.75 Å². The standard InChI is InChI=1S/C15H24N2O2/c1-12-10-17(9-8-16(12)2)11-14(18)13-6-4-5-7-15(13)19-3/h4-7,12,14,18H,8-11H2,1-3H3. The number of aliphatic hydroxyl groups excluding tert-OH is 1. The van der Waals surface area contributed by atoms with Crippen LogP contribution in [0.3, 0.4) is 0 Å². The third kappa shape index (κ3) is 3.47. The van der Waals surface area contributed by atoms with E-state index >= 15 is 0 Å². The van der Waals surface area contributed by atoms with Crippen LogP contribution in [0.15, 0.2) is 24.3 Å². The maximum absolute atomic E-state index is 10.4. The number of methoxy groups -OCH3 is 1. The Balaban J connectivity index is 1.99. The van der Waals surface area contributed by atoms with Crippen LogP contribution >= 0.6 is 0 Å². The molecule has 1 aromatic rings. The van der Waals surface area contributed by atoms with Crippen LogP contribution in [0.5, 0.6) is 5.75 Å². The van der Waals surface area contributed by atoms with Crippen molar-refractivity contribution in [2.45, 2.75) is 19.1 Å². The smallest absolute Gasteiger partial charge is 0.124 e. The summed E-state index contributed by atoms with van der Waals surface area (Å²) >= 11 is 0. The van der Waals surface area contributed by atoms with Crippen LogP contribution in [0, 0.1) is 0 Å². The third-order valence-corrected chi connectivity index (χ3v) is 3.97. The lowest BCUT2D eigenvalue weighted by atomic mass is 10.1. The molecule has 0 aliphatic carbocycles. The van der Waals surface area contributed by atoms with Gasteiger partial charge in [0, 0.05) is 37.8 Å². The number of likely N-dealkylation sites (N-methyl/N-ethyl adjacent to an activating group) is 1. The molecule has 2 atom stereocenters. The quantitative estimate of drug-likeness (QED) is 0.891. The Kier molecular flexibility index (Phi) is 4.80. The lowest BCUT2D eigenvalue weighted by molar-refractivity contribution is 0.0559. The number of piperazine rings is 1. The number of benzene rings is 1. The molecule has 0 bridgehead atoms. The van der Waals surface area contributed by atoms with E-state index in [0.717, 1.165) is 30.9 Å². The van der Waals surface area contributed by atoms with E-state index in [0.29, 0.717) is 12.6 Å². The zero-order valence-corrected chi connectivity index (χ0v) is 12.0. The van der Waals surface area contributed by atoms with Gasteiger partial charge in [0.25, 0.3) is 0 Å². The topological polar surface area (TPSA) is 35.9 Å². The molecule has 19 heavy (non-hydrogen) atoms. The van der Waals surface area contributed by atoms with E-state index in [-0.39, 0.29) is 0 Å². The highest BCUT2D eigenvalue weighted by Gasteiger charge is 2.23. The minimum Gasteiger partial charge on any atom is -0.496 e. The fourth-order valence-corrected chi connectivity index (χ4v) is 2.57. The molecule has 0 spiro atoms. The molecule has 4 nitrogen and oxygen atoms in total. The van der Waals surface area contributed by atoms with Crippen LogP contribution < -0.4 is 4.74 Å². The maximum Gasteiger partial charge on any atom is 0.124 e. The first-order valence-corrected chi connectivity index (χ1v) is 6.85. The number of rotatable bonds is 4. The van der Waals surface area contributed by atoms with Crippen LogP contribution in [0.1, 0.15) is 18.6 Å². The summed E-state index contributed by atoms with van der Waals surface area (Å²) in [6.07, 6.45) is -0.494. The predicted octanol–water partition coefficient (Wildman–Crippen LogP) is 1.36. The molecular weight excluding hydrogens is 240 g/mol. The van der Waals surface area contributed by atoms with Crippen LogP contribution in [0.4, 0.5) is 0 Å². The summed E-state index contributed by atoms with van der Waals surface area (Å²) in [4.78, 5) is 4.67. The fraction of sp³-hybridized carbons (Fsp3) is 0.600. The number of β-amino-alcohol motifs (C(OH)–C–C–N with tert-alkyl or cyclic N) is 1. The van der Waals surface area contributed by atoms with Gasteiger partial charge in [-0.2, -0.15) is 0 Å². The molecular formula is C15H24N2O2. The summed E-state index contributed by atoms with van der Waals surface area (Å²) in [7, 11) is 3.79. The van der Waals surface area contributed by atoms with Gasteiger partial charge in [-0.1, -0.05) is 18.2 Å². The monoisotopic (exact) mass is 264 g/mol. The fourth-order valence-electron chi connectivity index (χ4n) is 2.57. The Morgan fingerprint density at radius 2 is 2.11 bits per heavy atom. The molecule has 1 heterocycles. The molecule has 0 radical (unpaired) electrons. The highest BCUT2D eigenvalue weighted by atomic mass is 16.5. The summed E-state index contributed by atoms with van der Waals surface area (Å²) < 4.78 is 5.31. The van der Waals surface area contributed by atoms with Crippen LogP contribution in [0.25, 0.3) is 0 Å². The number of nitrogens with zero attached hydrogens (tertiary/aromatic N) is 2. The van der Waals surface area contributed by atoms with E-state index in [4.69, 9.17) is 4.74 Å². The zero-order chi connectivity index (χ0) is 13.8. The first kappa shape index (κ1) is 14.3. The number of hydrogen-bond acceptors (Lipinski definition) is 4. The zero-order valence-electron chi connectivity index (χ0n) is 12.0. The van der Waals surface area contributed by atoms with Gasteiger partial charge in [-0.25, -0.2) is 0 Å².